The number of rotatable bonds is 2. The number of morpholine rings is 1. The standard InChI is InChI=1S/C17H29N3O/c1-17(2,3)15-11-18-16(19-15)14-12-21-10-9-20(14)13-7-5-4-6-8-13/h11,13-14H,4-10,12H2,1-3H3,(H,18,19). The summed E-state index contributed by atoms with van der Waals surface area (Å²) in [5.41, 5.74) is 1.34. The molecule has 1 aromatic rings. The highest BCUT2D eigenvalue weighted by atomic mass is 16.5. The van der Waals surface area contributed by atoms with Gasteiger partial charge in [-0.2, -0.15) is 0 Å². The third kappa shape index (κ3) is 3.32. The summed E-state index contributed by atoms with van der Waals surface area (Å²) in [6.07, 6.45) is 8.83. The first-order chi connectivity index (χ1) is 10.1. The van der Waals surface area contributed by atoms with E-state index < -0.39 is 0 Å². The largest absolute Gasteiger partial charge is 0.378 e. The minimum atomic E-state index is 0.121. The molecule has 1 unspecified atom stereocenters. The van der Waals surface area contributed by atoms with E-state index in [0.29, 0.717) is 6.04 Å². The Morgan fingerprint density at radius 1 is 1.24 bits per heavy atom. The van der Waals surface area contributed by atoms with E-state index in [-0.39, 0.29) is 5.41 Å². The van der Waals surface area contributed by atoms with Crippen molar-refractivity contribution in [3.63, 3.8) is 0 Å². The number of nitrogens with zero attached hydrogens (tertiary/aromatic N) is 2. The Kier molecular flexibility index (Phi) is 4.36. The van der Waals surface area contributed by atoms with Crippen molar-refractivity contribution in [3.8, 4) is 0 Å². The summed E-state index contributed by atoms with van der Waals surface area (Å²) in [4.78, 5) is 10.9. The summed E-state index contributed by atoms with van der Waals surface area (Å²) in [6.45, 7) is 9.34. The number of nitrogens with one attached hydrogen (secondary N) is 1. The van der Waals surface area contributed by atoms with Crippen LogP contribution in [0.1, 0.15) is 70.4 Å². The quantitative estimate of drug-likeness (QED) is 0.908. The SMILES string of the molecule is CC(C)(C)c1cnc(C2COCCN2C2CCCCC2)[nH]1. The van der Waals surface area contributed by atoms with Crippen LogP contribution >= 0.6 is 0 Å². The van der Waals surface area contributed by atoms with Crippen molar-refractivity contribution < 1.29 is 4.74 Å². The van der Waals surface area contributed by atoms with Gasteiger partial charge in [-0.05, 0) is 12.8 Å². The number of imidazole rings is 1. The maximum atomic E-state index is 5.75. The first-order valence-electron chi connectivity index (χ1n) is 8.44. The molecule has 0 bridgehead atoms. The summed E-state index contributed by atoms with van der Waals surface area (Å²) < 4.78 is 5.75. The Balaban J connectivity index is 1.78. The van der Waals surface area contributed by atoms with Gasteiger partial charge in [0.2, 0.25) is 0 Å². The predicted octanol–water partition coefficient (Wildman–Crippen LogP) is 3.41. The first kappa shape index (κ1) is 15.0. The van der Waals surface area contributed by atoms with Crippen molar-refractivity contribution in [2.24, 2.45) is 0 Å². The van der Waals surface area contributed by atoms with Crippen LogP contribution in [-0.4, -0.2) is 40.7 Å². The molecular weight excluding hydrogens is 262 g/mol. The van der Waals surface area contributed by atoms with E-state index in [9.17, 15) is 0 Å². The van der Waals surface area contributed by atoms with Crippen LogP contribution in [0.2, 0.25) is 0 Å². The van der Waals surface area contributed by atoms with Crippen molar-refractivity contribution in [1.82, 2.24) is 14.9 Å². The van der Waals surface area contributed by atoms with Gasteiger partial charge in [0.25, 0.3) is 0 Å². The first-order valence-corrected chi connectivity index (χ1v) is 8.44. The third-order valence-electron chi connectivity index (χ3n) is 4.93. The van der Waals surface area contributed by atoms with E-state index >= 15 is 0 Å². The van der Waals surface area contributed by atoms with E-state index in [1.807, 2.05) is 6.20 Å². The van der Waals surface area contributed by atoms with Crippen LogP contribution < -0.4 is 0 Å². The Bertz CT molecular complexity index is 457. The Morgan fingerprint density at radius 3 is 2.67 bits per heavy atom. The maximum Gasteiger partial charge on any atom is 0.126 e. The molecular formula is C17H29N3O. The van der Waals surface area contributed by atoms with Crippen LogP contribution in [-0.2, 0) is 10.2 Å². The summed E-state index contributed by atoms with van der Waals surface area (Å²) >= 11 is 0. The molecule has 4 nitrogen and oxygen atoms in total. The van der Waals surface area contributed by atoms with E-state index in [4.69, 9.17) is 4.74 Å². The zero-order valence-electron chi connectivity index (χ0n) is 13.7. The molecule has 2 fully saturated rings. The van der Waals surface area contributed by atoms with Crippen LogP contribution in [0.3, 0.4) is 0 Å². The van der Waals surface area contributed by atoms with Gasteiger partial charge in [-0.1, -0.05) is 40.0 Å². The average Bonchev–Trinajstić information content (AvgIpc) is 2.98. The molecule has 1 aliphatic heterocycles. The molecule has 0 amide bonds. The van der Waals surface area contributed by atoms with Crippen molar-refractivity contribution in [1.29, 1.82) is 0 Å². The number of H-pyrrole nitrogens is 1. The molecule has 2 heterocycles. The molecule has 0 spiro atoms. The van der Waals surface area contributed by atoms with Crippen LogP contribution in [0.15, 0.2) is 6.20 Å². The van der Waals surface area contributed by atoms with E-state index in [1.165, 1.54) is 37.8 Å². The smallest absolute Gasteiger partial charge is 0.126 e. The molecule has 0 radical (unpaired) electrons. The highest BCUT2D eigenvalue weighted by Gasteiger charge is 2.33. The van der Waals surface area contributed by atoms with Gasteiger partial charge < -0.3 is 9.72 Å². The lowest BCUT2D eigenvalue weighted by Gasteiger charge is -2.41. The second-order valence-electron chi connectivity index (χ2n) is 7.55. The molecule has 0 aromatic carbocycles. The zero-order valence-corrected chi connectivity index (χ0v) is 13.7. The van der Waals surface area contributed by atoms with E-state index in [1.54, 1.807) is 0 Å². The molecule has 1 atom stereocenters. The lowest BCUT2D eigenvalue weighted by atomic mass is 9.92. The van der Waals surface area contributed by atoms with Crippen molar-refractivity contribution in [2.45, 2.75) is 70.4 Å². The number of ether oxygens (including phenoxy) is 1. The molecule has 4 heteroatoms. The minimum Gasteiger partial charge on any atom is -0.378 e. The number of hydrogen-bond donors (Lipinski definition) is 1. The van der Waals surface area contributed by atoms with Crippen LogP contribution in [0.25, 0.3) is 0 Å². The molecule has 2 aliphatic rings. The summed E-state index contributed by atoms with van der Waals surface area (Å²) in [5.74, 6) is 1.09. The van der Waals surface area contributed by atoms with Gasteiger partial charge in [0.15, 0.2) is 0 Å². The average molecular weight is 291 g/mol. The minimum absolute atomic E-state index is 0.121. The molecule has 21 heavy (non-hydrogen) atoms. The van der Waals surface area contributed by atoms with Gasteiger partial charge in [0.1, 0.15) is 5.82 Å². The summed E-state index contributed by atoms with van der Waals surface area (Å²) in [7, 11) is 0. The van der Waals surface area contributed by atoms with Crippen molar-refractivity contribution >= 4 is 0 Å². The zero-order chi connectivity index (χ0) is 14.9. The summed E-state index contributed by atoms with van der Waals surface area (Å²) in [5, 5.41) is 0. The molecule has 1 aliphatic carbocycles. The van der Waals surface area contributed by atoms with E-state index in [2.05, 4.69) is 35.6 Å². The Morgan fingerprint density at radius 2 is 2.00 bits per heavy atom. The molecule has 1 aromatic heterocycles. The van der Waals surface area contributed by atoms with Gasteiger partial charge in [-0.3, -0.25) is 4.90 Å². The van der Waals surface area contributed by atoms with Gasteiger partial charge >= 0.3 is 0 Å². The van der Waals surface area contributed by atoms with Crippen molar-refractivity contribution in [2.75, 3.05) is 19.8 Å². The third-order valence-corrected chi connectivity index (χ3v) is 4.93. The molecule has 1 saturated heterocycles. The van der Waals surface area contributed by atoms with Gasteiger partial charge in [0.05, 0.1) is 19.3 Å². The lowest BCUT2D eigenvalue weighted by molar-refractivity contribution is -0.0401. The van der Waals surface area contributed by atoms with Gasteiger partial charge in [-0.25, -0.2) is 4.98 Å². The highest BCUT2D eigenvalue weighted by Crippen LogP contribution is 2.32. The number of hydrogen-bond acceptors (Lipinski definition) is 3. The Hall–Kier alpha value is -0.870. The second kappa shape index (κ2) is 6.09. The number of aromatic amines is 1. The maximum absolute atomic E-state index is 5.75. The van der Waals surface area contributed by atoms with Crippen LogP contribution in [0.5, 0.6) is 0 Å². The lowest BCUT2D eigenvalue weighted by Crippen LogP contribution is -2.46. The molecule has 118 valence electrons. The number of aromatic nitrogens is 2. The Labute approximate surface area is 128 Å². The van der Waals surface area contributed by atoms with Gasteiger partial charge in [-0.15, -0.1) is 0 Å². The molecule has 1 N–H and O–H groups in total. The van der Waals surface area contributed by atoms with Gasteiger partial charge in [0, 0.05) is 29.9 Å². The van der Waals surface area contributed by atoms with E-state index in [0.717, 1.165) is 31.6 Å². The fourth-order valence-electron chi connectivity index (χ4n) is 3.59. The fraction of sp³-hybridized carbons (Fsp3) is 0.824. The molecule has 3 rings (SSSR count). The molecule has 1 saturated carbocycles. The predicted molar refractivity (Wildman–Crippen MR) is 84.4 cm³/mol. The second-order valence-corrected chi connectivity index (χ2v) is 7.55. The fourth-order valence-corrected chi connectivity index (χ4v) is 3.59. The highest BCUT2D eigenvalue weighted by molar-refractivity contribution is 5.14. The normalized spacial score (nSPS) is 26.1. The monoisotopic (exact) mass is 291 g/mol. The summed E-state index contributed by atoms with van der Waals surface area (Å²) in [6, 6.07) is 1.02. The van der Waals surface area contributed by atoms with Crippen LogP contribution in [0.4, 0.5) is 0 Å². The van der Waals surface area contributed by atoms with Crippen LogP contribution in [0, 0.1) is 0 Å². The van der Waals surface area contributed by atoms with Crippen molar-refractivity contribution in [3.05, 3.63) is 17.7 Å². The topological polar surface area (TPSA) is 41.1 Å².